The number of rotatable bonds is 5. The van der Waals surface area contributed by atoms with Crippen LogP contribution in [0.3, 0.4) is 0 Å². The number of benzene rings is 2. The minimum atomic E-state index is -0.534. The number of Topliss-reactive ketones (excluding diaryl/α,β-unsaturated/α-hetero) is 1. The van der Waals surface area contributed by atoms with Crippen LogP contribution in [0.4, 0.5) is 5.69 Å². The standard InChI is InChI=1S/C21H19N3O3S/c1-3-14-4-10-17(11-5-14)24-20(27)18(19(26)23-21(24)28)12-22-16-8-6-15(7-9-16)13(2)25/h4-12,27H,3H2,1-2H3,(H,23,26,28). The number of aryl methyl sites for hydroxylation is 1. The summed E-state index contributed by atoms with van der Waals surface area (Å²) >= 11 is 5.22. The van der Waals surface area contributed by atoms with Crippen molar-refractivity contribution in [3.63, 3.8) is 0 Å². The third kappa shape index (κ3) is 3.99. The molecule has 6 nitrogen and oxygen atoms in total. The average Bonchev–Trinajstić information content (AvgIpc) is 2.68. The number of ketones is 1. The summed E-state index contributed by atoms with van der Waals surface area (Å²) in [5.41, 5.74) is 2.36. The van der Waals surface area contributed by atoms with Crippen molar-refractivity contribution in [3.05, 3.63) is 80.3 Å². The van der Waals surface area contributed by atoms with Crippen LogP contribution < -0.4 is 5.56 Å². The van der Waals surface area contributed by atoms with Crippen molar-refractivity contribution in [3.8, 4) is 11.6 Å². The first kappa shape index (κ1) is 19.4. The van der Waals surface area contributed by atoms with Gasteiger partial charge in [0.15, 0.2) is 10.6 Å². The van der Waals surface area contributed by atoms with Crippen LogP contribution in [0.1, 0.15) is 35.3 Å². The smallest absolute Gasteiger partial charge is 0.264 e. The highest BCUT2D eigenvalue weighted by Gasteiger charge is 2.12. The zero-order chi connectivity index (χ0) is 20.3. The molecule has 2 aromatic carbocycles. The summed E-state index contributed by atoms with van der Waals surface area (Å²) in [5.74, 6) is -0.331. The molecule has 7 heteroatoms. The summed E-state index contributed by atoms with van der Waals surface area (Å²) in [7, 11) is 0. The van der Waals surface area contributed by atoms with Crippen molar-refractivity contribution in [1.29, 1.82) is 0 Å². The van der Waals surface area contributed by atoms with Crippen molar-refractivity contribution < 1.29 is 9.90 Å². The van der Waals surface area contributed by atoms with Crippen LogP contribution in [-0.2, 0) is 6.42 Å². The van der Waals surface area contributed by atoms with Gasteiger partial charge in [-0.15, -0.1) is 0 Å². The molecule has 0 fully saturated rings. The summed E-state index contributed by atoms with van der Waals surface area (Å²) in [6, 6.07) is 14.2. The minimum Gasteiger partial charge on any atom is -0.494 e. The van der Waals surface area contributed by atoms with E-state index in [9.17, 15) is 14.7 Å². The van der Waals surface area contributed by atoms with Gasteiger partial charge >= 0.3 is 0 Å². The lowest BCUT2D eigenvalue weighted by molar-refractivity contribution is 0.101. The van der Waals surface area contributed by atoms with Crippen molar-refractivity contribution in [2.45, 2.75) is 20.3 Å². The van der Waals surface area contributed by atoms with E-state index in [1.165, 1.54) is 17.7 Å². The maximum Gasteiger partial charge on any atom is 0.264 e. The van der Waals surface area contributed by atoms with Crippen molar-refractivity contribution >= 4 is 29.9 Å². The van der Waals surface area contributed by atoms with Gasteiger partial charge in [0.25, 0.3) is 5.56 Å². The van der Waals surface area contributed by atoms with Crippen LogP contribution >= 0.6 is 12.2 Å². The van der Waals surface area contributed by atoms with E-state index in [-0.39, 0.29) is 22.0 Å². The van der Waals surface area contributed by atoms with Gasteiger partial charge in [-0.2, -0.15) is 0 Å². The second kappa shape index (κ2) is 8.14. The Morgan fingerprint density at radius 1 is 1.18 bits per heavy atom. The van der Waals surface area contributed by atoms with E-state index in [2.05, 4.69) is 16.9 Å². The quantitative estimate of drug-likeness (QED) is 0.388. The summed E-state index contributed by atoms with van der Waals surface area (Å²) in [5, 5.41) is 10.7. The zero-order valence-corrected chi connectivity index (χ0v) is 16.3. The number of aromatic amines is 1. The number of nitrogens with one attached hydrogen (secondary N) is 1. The van der Waals surface area contributed by atoms with E-state index in [1.54, 1.807) is 24.3 Å². The molecular formula is C21H19N3O3S. The summed E-state index contributed by atoms with van der Waals surface area (Å²) < 4.78 is 1.48. The van der Waals surface area contributed by atoms with Gasteiger partial charge < -0.3 is 5.11 Å². The molecule has 0 aliphatic heterocycles. The third-order valence-electron chi connectivity index (χ3n) is 4.34. The maximum absolute atomic E-state index is 12.3. The predicted molar refractivity (Wildman–Crippen MR) is 112 cm³/mol. The lowest BCUT2D eigenvalue weighted by Gasteiger charge is -2.11. The molecule has 0 atom stereocenters. The van der Waals surface area contributed by atoms with Gasteiger partial charge in [0.1, 0.15) is 5.56 Å². The Bertz CT molecular complexity index is 1160. The van der Waals surface area contributed by atoms with Gasteiger partial charge in [0.05, 0.1) is 11.4 Å². The van der Waals surface area contributed by atoms with Crippen molar-refractivity contribution in [2.24, 2.45) is 4.99 Å². The Hall–Kier alpha value is -3.32. The monoisotopic (exact) mass is 393 g/mol. The number of hydrogen-bond donors (Lipinski definition) is 2. The molecule has 1 aromatic heterocycles. The lowest BCUT2D eigenvalue weighted by Crippen LogP contribution is -2.18. The number of nitrogens with zero attached hydrogens (tertiary/aromatic N) is 2. The van der Waals surface area contributed by atoms with E-state index in [0.717, 1.165) is 12.0 Å². The van der Waals surface area contributed by atoms with E-state index in [1.807, 2.05) is 24.3 Å². The number of carbonyl (C=O) groups excluding carboxylic acids is 1. The molecule has 2 N–H and O–H groups in total. The van der Waals surface area contributed by atoms with Crippen LogP contribution in [0, 0.1) is 4.77 Å². The molecule has 0 spiro atoms. The highest BCUT2D eigenvalue weighted by molar-refractivity contribution is 7.71. The van der Waals surface area contributed by atoms with Gasteiger partial charge in [0.2, 0.25) is 5.88 Å². The average molecular weight is 393 g/mol. The number of carbonyl (C=O) groups is 1. The Morgan fingerprint density at radius 2 is 1.82 bits per heavy atom. The molecule has 0 unspecified atom stereocenters. The first-order valence-corrected chi connectivity index (χ1v) is 9.14. The second-order valence-corrected chi connectivity index (χ2v) is 6.60. The van der Waals surface area contributed by atoms with Crippen LogP contribution in [0.5, 0.6) is 5.88 Å². The predicted octanol–water partition coefficient (Wildman–Crippen LogP) is 4.12. The summed E-state index contributed by atoms with van der Waals surface area (Å²) in [6.07, 6.45) is 2.17. The van der Waals surface area contributed by atoms with E-state index in [4.69, 9.17) is 12.2 Å². The topological polar surface area (TPSA) is 87.4 Å². The Balaban J connectivity index is 2.02. The second-order valence-electron chi connectivity index (χ2n) is 6.21. The number of aliphatic imine (C=N–C) groups is 1. The normalized spacial score (nSPS) is 11.1. The molecule has 0 saturated carbocycles. The maximum atomic E-state index is 12.3. The Labute approximate surface area is 166 Å². The molecule has 0 amide bonds. The summed E-state index contributed by atoms with van der Waals surface area (Å²) in [6.45, 7) is 3.54. The first-order valence-electron chi connectivity index (χ1n) is 8.73. The fourth-order valence-corrected chi connectivity index (χ4v) is 2.98. The molecule has 3 rings (SSSR count). The van der Waals surface area contributed by atoms with Gasteiger partial charge in [-0.25, -0.2) is 0 Å². The number of H-pyrrole nitrogens is 1. The van der Waals surface area contributed by atoms with Crippen LogP contribution in [-0.4, -0.2) is 26.7 Å². The lowest BCUT2D eigenvalue weighted by atomic mass is 10.1. The van der Waals surface area contributed by atoms with E-state index in [0.29, 0.717) is 16.9 Å². The summed E-state index contributed by atoms with van der Waals surface area (Å²) in [4.78, 5) is 30.4. The van der Waals surface area contributed by atoms with Gasteiger partial charge in [0, 0.05) is 11.8 Å². The first-order chi connectivity index (χ1) is 13.4. The number of hydrogen-bond acceptors (Lipinski definition) is 5. The highest BCUT2D eigenvalue weighted by Crippen LogP contribution is 2.20. The fraction of sp³-hybridized carbons (Fsp3) is 0.143. The number of aromatic hydroxyl groups is 1. The van der Waals surface area contributed by atoms with Gasteiger partial charge in [-0.3, -0.25) is 24.1 Å². The van der Waals surface area contributed by atoms with Gasteiger partial charge in [-0.1, -0.05) is 19.1 Å². The molecular weight excluding hydrogens is 374 g/mol. The van der Waals surface area contributed by atoms with Crippen LogP contribution in [0.25, 0.3) is 5.69 Å². The molecule has 142 valence electrons. The third-order valence-corrected chi connectivity index (χ3v) is 4.62. The molecule has 1 heterocycles. The SMILES string of the molecule is CCc1ccc(-n2c(O)c(C=Nc3ccc(C(C)=O)cc3)c(=O)[nH]c2=S)cc1. The van der Waals surface area contributed by atoms with Crippen LogP contribution in [0.15, 0.2) is 58.3 Å². The molecule has 28 heavy (non-hydrogen) atoms. The molecule has 0 radical (unpaired) electrons. The van der Waals surface area contributed by atoms with E-state index < -0.39 is 5.56 Å². The molecule has 0 aliphatic carbocycles. The van der Waals surface area contributed by atoms with Crippen molar-refractivity contribution in [1.82, 2.24) is 9.55 Å². The molecule has 0 aliphatic rings. The van der Waals surface area contributed by atoms with Crippen LogP contribution in [0.2, 0.25) is 0 Å². The number of aromatic nitrogens is 2. The highest BCUT2D eigenvalue weighted by atomic mass is 32.1. The molecule has 0 saturated heterocycles. The Morgan fingerprint density at radius 3 is 2.39 bits per heavy atom. The molecule has 0 bridgehead atoms. The fourth-order valence-electron chi connectivity index (χ4n) is 2.70. The zero-order valence-electron chi connectivity index (χ0n) is 15.5. The largest absolute Gasteiger partial charge is 0.494 e. The minimum absolute atomic E-state index is 0.0104. The van der Waals surface area contributed by atoms with Crippen molar-refractivity contribution in [2.75, 3.05) is 0 Å². The van der Waals surface area contributed by atoms with E-state index >= 15 is 0 Å². The Kier molecular flexibility index (Phi) is 5.65. The molecule has 3 aromatic rings. The van der Waals surface area contributed by atoms with Gasteiger partial charge in [-0.05, 0) is 67.5 Å².